The van der Waals surface area contributed by atoms with Crippen LogP contribution in [0.3, 0.4) is 0 Å². The number of hydrogen-bond donors (Lipinski definition) is 2. The number of nitrogens with one attached hydrogen (secondary N) is 1. The fourth-order valence-electron chi connectivity index (χ4n) is 3.10. The number of aryl methyl sites for hydroxylation is 2. The number of imidazole rings is 1. The Labute approximate surface area is 146 Å². The molecule has 0 aromatic carbocycles. The third kappa shape index (κ3) is 2.51. The Morgan fingerprint density at radius 2 is 2.04 bits per heavy atom. The molecule has 1 aliphatic carbocycles. The number of fused-ring (bicyclic) bond motifs is 2. The maximum Gasteiger partial charge on any atom is 0.276 e. The highest BCUT2D eigenvalue weighted by atomic mass is 32.1. The van der Waals surface area contributed by atoms with Crippen LogP contribution in [0.25, 0.3) is 4.96 Å². The zero-order valence-electron chi connectivity index (χ0n) is 13.1. The Morgan fingerprint density at radius 3 is 2.79 bits per heavy atom. The summed E-state index contributed by atoms with van der Waals surface area (Å²) < 4.78 is 1.84. The molecule has 3 N–H and O–H groups in total. The van der Waals surface area contributed by atoms with Gasteiger partial charge in [0.1, 0.15) is 10.7 Å². The van der Waals surface area contributed by atoms with Crippen LogP contribution in [0.4, 0.5) is 5.00 Å². The molecule has 1 aliphatic rings. The molecule has 2 amide bonds. The molecule has 0 saturated heterocycles. The summed E-state index contributed by atoms with van der Waals surface area (Å²) in [7, 11) is 0. The molecule has 24 heavy (non-hydrogen) atoms. The summed E-state index contributed by atoms with van der Waals surface area (Å²) in [5.74, 6) is -0.796. The van der Waals surface area contributed by atoms with Crippen LogP contribution in [0.5, 0.6) is 0 Å². The molecule has 0 fully saturated rings. The van der Waals surface area contributed by atoms with Gasteiger partial charge in [0.2, 0.25) is 0 Å². The first-order chi connectivity index (χ1) is 11.5. The predicted octanol–water partition coefficient (Wildman–Crippen LogP) is 3.00. The Morgan fingerprint density at radius 1 is 1.25 bits per heavy atom. The fraction of sp³-hybridized carbons (Fsp3) is 0.312. The minimum Gasteiger partial charge on any atom is -0.365 e. The van der Waals surface area contributed by atoms with E-state index in [4.69, 9.17) is 5.73 Å². The van der Waals surface area contributed by atoms with Crippen molar-refractivity contribution in [3.63, 3.8) is 0 Å². The zero-order valence-corrected chi connectivity index (χ0v) is 14.7. The highest BCUT2D eigenvalue weighted by Crippen LogP contribution is 2.38. The fourth-order valence-corrected chi connectivity index (χ4v) is 5.20. The standard InChI is InChI=1S/C16H16N4O2S2/c1-8-6-20-7-10(18-16(20)23-8)14(22)19-15-12(13(17)21)9-4-2-3-5-11(9)24-15/h6-7H,2-5H2,1H3,(H2,17,21)(H,19,22). The van der Waals surface area contributed by atoms with Gasteiger partial charge >= 0.3 is 0 Å². The van der Waals surface area contributed by atoms with Crippen LogP contribution in [-0.4, -0.2) is 21.2 Å². The third-order valence-corrected chi connectivity index (χ3v) is 6.27. The van der Waals surface area contributed by atoms with E-state index in [0.29, 0.717) is 16.3 Å². The second-order valence-corrected chi connectivity index (χ2v) is 8.21. The summed E-state index contributed by atoms with van der Waals surface area (Å²) in [5, 5.41) is 3.39. The molecule has 0 bridgehead atoms. The van der Waals surface area contributed by atoms with Crippen LogP contribution in [0, 0.1) is 6.92 Å². The van der Waals surface area contributed by atoms with Gasteiger partial charge in [0.25, 0.3) is 11.8 Å². The smallest absolute Gasteiger partial charge is 0.276 e. The van der Waals surface area contributed by atoms with E-state index in [2.05, 4.69) is 10.3 Å². The number of nitrogens with two attached hydrogens (primary N) is 1. The van der Waals surface area contributed by atoms with Crippen molar-refractivity contribution in [2.45, 2.75) is 32.6 Å². The molecule has 8 heteroatoms. The number of carbonyl (C=O) groups excluding carboxylic acids is 2. The molecule has 3 aromatic rings. The van der Waals surface area contributed by atoms with Gasteiger partial charge in [-0.25, -0.2) is 4.98 Å². The largest absolute Gasteiger partial charge is 0.365 e. The second-order valence-electron chi connectivity index (χ2n) is 5.89. The van der Waals surface area contributed by atoms with Gasteiger partial charge in [0.15, 0.2) is 4.96 Å². The Bertz CT molecular complexity index is 935. The van der Waals surface area contributed by atoms with Crippen molar-refractivity contribution in [2.24, 2.45) is 5.73 Å². The summed E-state index contributed by atoms with van der Waals surface area (Å²) in [6, 6.07) is 0. The molecule has 124 valence electrons. The van der Waals surface area contributed by atoms with E-state index in [1.165, 1.54) is 22.7 Å². The van der Waals surface area contributed by atoms with Crippen molar-refractivity contribution in [3.05, 3.63) is 39.0 Å². The number of anilines is 1. The lowest BCUT2D eigenvalue weighted by Gasteiger charge is -2.11. The van der Waals surface area contributed by atoms with Gasteiger partial charge in [-0.3, -0.25) is 14.0 Å². The van der Waals surface area contributed by atoms with Crippen LogP contribution < -0.4 is 11.1 Å². The van der Waals surface area contributed by atoms with Gasteiger partial charge in [0, 0.05) is 22.1 Å². The molecule has 0 aliphatic heterocycles. The van der Waals surface area contributed by atoms with Crippen LogP contribution in [0.1, 0.15) is 49.0 Å². The average Bonchev–Trinajstić information content (AvgIpc) is 3.16. The van der Waals surface area contributed by atoms with E-state index < -0.39 is 5.91 Å². The maximum absolute atomic E-state index is 12.5. The van der Waals surface area contributed by atoms with E-state index >= 15 is 0 Å². The van der Waals surface area contributed by atoms with E-state index in [-0.39, 0.29) is 5.91 Å². The van der Waals surface area contributed by atoms with Crippen LogP contribution >= 0.6 is 22.7 Å². The topological polar surface area (TPSA) is 89.5 Å². The summed E-state index contributed by atoms with van der Waals surface area (Å²) in [6.45, 7) is 1.99. The third-order valence-electron chi connectivity index (χ3n) is 4.15. The molecule has 0 radical (unpaired) electrons. The van der Waals surface area contributed by atoms with Gasteiger partial charge in [-0.15, -0.1) is 22.7 Å². The highest BCUT2D eigenvalue weighted by molar-refractivity contribution is 7.17. The molecule has 0 atom stereocenters. The van der Waals surface area contributed by atoms with Crippen LogP contribution in [-0.2, 0) is 12.8 Å². The molecule has 0 unspecified atom stereocenters. The molecule has 0 spiro atoms. The summed E-state index contributed by atoms with van der Waals surface area (Å²) in [6.07, 6.45) is 7.58. The highest BCUT2D eigenvalue weighted by Gasteiger charge is 2.25. The number of thiazole rings is 1. The average molecular weight is 360 g/mol. The van der Waals surface area contributed by atoms with Crippen LogP contribution in [0.15, 0.2) is 12.4 Å². The van der Waals surface area contributed by atoms with Crippen molar-refractivity contribution in [2.75, 3.05) is 5.32 Å². The molecule has 3 aromatic heterocycles. The zero-order chi connectivity index (χ0) is 16.8. The first kappa shape index (κ1) is 15.3. The SMILES string of the molecule is Cc1cn2cc(C(=O)Nc3sc4c(c3C(N)=O)CCCC4)nc2s1. The van der Waals surface area contributed by atoms with Crippen molar-refractivity contribution in [3.8, 4) is 0 Å². The summed E-state index contributed by atoms with van der Waals surface area (Å²) in [5.41, 5.74) is 7.38. The van der Waals surface area contributed by atoms with Gasteiger partial charge in [-0.05, 0) is 38.2 Å². The van der Waals surface area contributed by atoms with Gasteiger partial charge in [-0.2, -0.15) is 0 Å². The van der Waals surface area contributed by atoms with Gasteiger partial charge < -0.3 is 11.1 Å². The quantitative estimate of drug-likeness (QED) is 0.752. The second kappa shape index (κ2) is 5.71. The Kier molecular flexibility index (Phi) is 3.65. The molecule has 3 heterocycles. The number of carbonyl (C=O) groups is 2. The molecular weight excluding hydrogens is 344 g/mol. The monoisotopic (exact) mass is 360 g/mol. The lowest BCUT2D eigenvalue weighted by molar-refractivity contribution is 0.100. The lowest BCUT2D eigenvalue weighted by atomic mass is 9.95. The van der Waals surface area contributed by atoms with Crippen molar-refractivity contribution in [1.29, 1.82) is 0 Å². The van der Waals surface area contributed by atoms with E-state index in [1.54, 1.807) is 6.20 Å². The number of thiophene rings is 1. The molecule has 6 nitrogen and oxygen atoms in total. The lowest BCUT2D eigenvalue weighted by Crippen LogP contribution is -2.18. The van der Waals surface area contributed by atoms with Gasteiger partial charge in [-0.1, -0.05) is 0 Å². The van der Waals surface area contributed by atoms with Gasteiger partial charge in [0.05, 0.1) is 5.56 Å². The molecule has 0 saturated carbocycles. The minimum absolute atomic E-state index is 0.315. The summed E-state index contributed by atoms with van der Waals surface area (Å²) >= 11 is 2.99. The molecule has 4 rings (SSSR count). The number of rotatable bonds is 3. The van der Waals surface area contributed by atoms with Crippen molar-refractivity contribution < 1.29 is 9.59 Å². The van der Waals surface area contributed by atoms with E-state index in [0.717, 1.165) is 46.0 Å². The number of primary amides is 1. The van der Waals surface area contributed by atoms with E-state index in [9.17, 15) is 9.59 Å². The normalized spacial score (nSPS) is 13.9. The van der Waals surface area contributed by atoms with Crippen molar-refractivity contribution in [1.82, 2.24) is 9.38 Å². The molecular formula is C16H16N4O2S2. The number of hydrogen-bond acceptors (Lipinski definition) is 5. The number of amides is 2. The van der Waals surface area contributed by atoms with Crippen molar-refractivity contribution >= 4 is 44.4 Å². The maximum atomic E-state index is 12.5. The predicted molar refractivity (Wildman–Crippen MR) is 95.2 cm³/mol. The van der Waals surface area contributed by atoms with E-state index in [1.807, 2.05) is 17.5 Å². The number of nitrogens with zero attached hydrogens (tertiary/aromatic N) is 2. The Balaban J connectivity index is 1.66. The van der Waals surface area contributed by atoms with Crippen LogP contribution in [0.2, 0.25) is 0 Å². The minimum atomic E-state index is -0.480. The first-order valence-corrected chi connectivity index (χ1v) is 9.37. The first-order valence-electron chi connectivity index (χ1n) is 7.74. The summed E-state index contributed by atoms with van der Waals surface area (Å²) in [4.78, 5) is 31.8. The number of aromatic nitrogens is 2. The Hall–Kier alpha value is -2.19.